The van der Waals surface area contributed by atoms with Crippen molar-refractivity contribution in [2.75, 3.05) is 18.5 Å². The maximum Gasteiger partial charge on any atom is 0.320 e. The molecule has 0 fully saturated rings. The lowest BCUT2D eigenvalue weighted by Crippen LogP contribution is -2.31. The van der Waals surface area contributed by atoms with Crippen LogP contribution >= 0.6 is 11.3 Å². The van der Waals surface area contributed by atoms with E-state index in [0.29, 0.717) is 5.82 Å². The van der Waals surface area contributed by atoms with Gasteiger partial charge in [-0.2, -0.15) is 0 Å². The van der Waals surface area contributed by atoms with E-state index in [1.54, 1.807) is 5.38 Å². The number of carbonyl (C=O) groups is 1. The fourth-order valence-corrected chi connectivity index (χ4v) is 1.30. The van der Waals surface area contributed by atoms with Gasteiger partial charge in [-0.15, -0.1) is 11.3 Å². The number of nitrogens with one attached hydrogen (secondary N) is 2. The minimum Gasteiger partial charge on any atom is -0.395 e. The first-order chi connectivity index (χ1) is 6.22. The zero-order valence-electron chi connectivity index (χ0n) is 7.20. The van der Waals surface area contributed by atoms with Gasteiger partial charge >= 0.3 is 6.03 Å². The first kappa shape index (κ1) is 9.94. The lowest BCUT2D eigenvalue weighted by atomic mass is 10.6. The summed E-state index contributed by atoms with van der Waals surface area (Å²) in [6.07, 6.45) is 0. The molecule has 0 atom stereocenters. The Hall–Kier alpha value is -1.14. The van der Waals surface area contributed by atoms with E-state index in [4.69, 9.17) is 5.11 Å². The van der Waals surface area contributed by atoms with E-state index in [-0.39, 0.29) is 19.2 Å². The van der Waals surface area contributed by atoms with E-state index in [1.165, 1.54) is 11.3 Å². The Morgan fingerprint density at radius 3 is 3.08 bits per heavy atom. The van der Waals surface area contributed by atoms with Crippen molar-refractivity contribution in [3.63, 3.8) is 0 Å². The Kier molecular flexibility index (Phi) is 3.66. The summed E-state index contributed by atoms with van der Waals surface area (Å²) in [7, 11) is 0. The Morgan fingerprint density at radius 1 is 1.77 bits per heavy atom. The van der Waals surface area contributed by atoms with Gasteiger partial charge in [-0.25, -0.2) is 9.78 Å². The minimum atomic E-state index is -0.348. The number of hydrogen-bond donors (Lipinski definition) is 3. The number of aryl methyl sites for hydroxylation is 1. The summed E-state index contributed by atoms with van der Waals surface area (Å²) in [4.78, 5) is 15.1. The monoisotopic (exact) mass is 201 g/mol. The SMILES string of the molecule is Cc1nc(NC(=O)NCCO)cs1. The Labute approximate surface area is 79.8 Å². The number of hydrogen-bond acceptors (Lipinski definition) is 4. The second-order valence-electron chi connectivity index (χ2n) is 2.36. The van der Waals surface area contributed by atoms with Crippen molar-refractivity contribution in [3.8, 4) is 0 Å². The van der Waals surface area contributed by atoms with Gasteiger partial charge in [-0.3, -0.25) is 5.32 Å². The molecule has 0 unspecified atom stereocenters. The van der Waals surface area contributed by atoms with Crippen LogP contribution in [0.15, 0.2) is 5.38 Å². The molecular formula is C7H11N3O2S. The van der Waals surface area contributed by atoms with Gasteiger partial charge in [-0.1, -0.05) is 0 Å². The molecule has 0 radical (unpaired) electrons. The van der Waals surface area contributed by atoms with Crippen LogP contribution in [0.25, 0.3) is 0 Å². The molecule has 13 heavy (non-hydrogen) atoms. The van der Waals surface area contributed by atoms with E-state index >= 15 is 0 Å². The summed E-state index contributed by atoms with van der Waals surface area (Å²) in [5, 5.41) is 16.1. The Bertz CT molecular complexity index is 287. The number of carbonyl (C=O) groups excluding carboxylic acids is 1. The van der Waals surface area contributed by atoms with Crippen molar-refractivity contribution in [1.82, 2.24) is 10.3 Å². The summed E-state index contributed by atoms with van der Waals surface area (Å²) in [5.41, 5.74) is 0. The summed E-state index contributed by atoms with van der Waals surface area (Å²) >= 11 is 1.47. The van der Waals surface area contributed by atoms with Gasteiger partial charge in [0.15, 0.2) is 0 Å². The topological polar surface area (TPSA) is 74.2 Å². The number of thiazole rings is 1. The van der Waals surface area contributed by atoms with Crippen LogP contribution in [0.5, 0.6) is 0 Å². The fraction of sp³-hybridized carbons (Fsp3) is 0.429. The maximum atomic E-state index is 11.0. The summed E-state index contributed by atoms with van der Waals surface area (Å²) in [6, 6.07) is -0.348. The van der Waals surface area contributed by atoms with Crippen LogP contribution in [0.3, 0.4) is 0 Å². The van der Waals surface area contributed by atoms with Crippen molar-refractivity contribution in [3.05, 3.63) is 10.4 Å². The highest BCUT2D eigenvalue weighted by Crippen LogP contribution is 2.11. The normalized spacial score (nSPS) is 9.69. The van der Waals surface area contributed by atoms with Crippen molar-refractivity contribution < 1.29 is 9.90 Å². The van der Waals surface area contributed by atoms with E-state index in [9.17, 15) is 4.79 Å². The second-order valence-corrected chi connectivity index (χ2v) is 3.42. The lowest BCUT2D eigenvalue weighted by molar-refractivity contribution is 0.244. The molecule has 0 saturated heterocycles. The number of urea groups is 1. The predicted octanol–water partition coefficient (Wildman–Crippen LogP) is 0.565. The molecular weight excluding hydrogens is 190 g/mol. The van der Waals surface area contributed by atoms with Crippen molar-refractivity contribution >= 4 is 23.2 Å². The van der Waals surface area contributed by atoms with Crippen LogP contribution in [0.4, 0.5) is 10.6 Å². The molecule has 0 spiro atoms. The molecule has 0 saturated carbocycles. The molecule has 2 amide bonds. The third kappa shape index (κ3) is 3.39. The Morgan fingerprint density at radius 2 is 2.54 bits per heavy atom. The molecule has 1 rings (SSSR count). The van der Waals surface area contributed by atoms with Crippen LogP contribution < -0.4 is 10.6 Å². The van der Waals surface area contributed by atoms with E-state index in [0.717, 1.165) is 5.01 Å². The molecule has 0 aliphatic heterocycles. The highest BCUT2D eigenvalue weighted by molar-refractivity contribution is 7.09. The van der Waals surface area contributed by atoms with Gasteiger partial charge in [0.2, 0.25) is 0 Å². The quantitative estimate of drug-likeness (QED) is 0.669. The predicted molar refractivity (Wildman–Crippen MR) is 51.0 cm³/mol. The van der Waals surface area contributed by atoms with Crippen LogP contribution in [0, 0.1) is 6.92 Å². The number of aliphatic hydroxyl groups excluding tert-OH is 1. The zero-order valence-corrected chi connectivity index (χ0v) is 8.02. The highest BCUT2D eigenvalue weighted by atomic mass is 32.1. The average molecular weight is 201 g/mol. The standard InChI is InChI=1S/C7H11N3O2S/c1-5-9-6(4-13-5)10-7(12)8-2-3-11/h4,11H,2-3H2,1H3,(H2,8,10,12). The molecule has 0 aromatic carbocycles. The number of anilines is 1. The van der Waals surface area contributed by atoms with Crippen molar-refractivity contribution in [2.45, 2.75) is 6.92 Å². The van der Waals surface area contributed by atoms with Gasteiger partial charge in [0.05, 0.1) is 11.6 Å². The first-order valence-corrected chi connectivity index (χ1v) is 4.68. The van der Waals surface area contributed by atoms with Crippen molar-refractivity contribution in [2.24, 2.45) is 0 Å². The number of amides is 2. The molecule has 6 heteroatoms. The summed E-state index contributed by atoms with van der Waals surface area (Å²) in [6.45, 7) is 2.04. The minimum absolute atomic E-state index is 0.0660. The molecule has 5 nitrogen and oxygen atoms in total. The highest BCUT2D eigenvalue weighted by Gasteiger charge is 2.02. The van der Waals surface area contributed by atoms with E-state index in [1.807, 2.05) is 6.92 Å². The smallest absolute Gasteiger partial charge is 0.320 e. The number of rotatable bonds is 3. The van der Waals surface area contributed by atoms with Crippen LogP contribution in [-0.2, 0) is 0 Å². The number of aliphatic hydroxyl groups is 1. The van der Waals surface area contributed by atoms with Gasteiger partial charge in [0, 0.05) is 11.9 Å². The molecule has 0 aliphatic carbocycles. The largest absolute Gasteiger partial charge is 0.395 e. The third-order valence-electron chi connectivity index (χ3n) is 1.26. The third-order valence-corrected chi connectivity index (χ3v) is 2.03. The summed E-state index contributed by atoms with van der Waals surface area (Å²) in [5.74, 6) is 0.540. The lowest BCUT2D eigenvalue weighted by Gasteiger charge is -2.02. The number of nitrogens with zero attached hydrogens (tertiary/aromatic N) is 1. The van der Waals surface area contributed by atoms with Gasteiger partial charge in [0.1, 0.15) is 5.82 Å². The van der Waals surface area contributed by atoms with Gasteiger partial charge in [-0.05, 0) is 6.92 Å². The Balaban J connectivity index is 2.36. The van der Waals surface area contributed by atoms with E-state index in [2.05, 4.69) is 15.6 Å². The molecule has 1 aromatic rings. The molecule has 3 N–H and O–H groups in total. The summed E-state index contributed by atoms with van der Waals surface area (Å²) < 4.78 is 0. The van der Waals surface area contributed by atoms with E-state index < -0.39 is 0 Å². The fourth-order valence-electron chi connectivity index (χ4n) is 0.751. The molecule has 72 valence electrons. The van der Waals surface area contributed by atoms with Crippen molar-refractivity contribution in [1.29, 1.82) is 0 Å². The van der Waals surface area contributed by atoms with Gasteiger partial charge < -0.3 is 10.4 Å². The second kappa shape index (κ2) is 4.78. The average Bonchev–Trinajstić information content (AvgIpc) is 2.48. The van der Waals surface area contributed by atoms with Crippen LogP contribution in [-0.4, -0.2) is 29.3 Å². The zero-order chi connectivity index (χ0) is 9.68. The molecule has 1 heterocycles. The van der Waals surface area contributed by atoms with Crippen LogP contribution in [0.2, 0.25) is 0 Å². The first-order valence-electron chi connectivity index (χ1n) is 3.80. The molecule has 0 aliphatic rings. The molecule has 1 aromatic heterocycles. The maximum absolute atomic E-state index is 11.0. The van der Waals surface area contributed by atoms with Crippen LogP contribution in [0.1, 0.15) is 5.01 Å². The number of aromatic nitrogens is 1. The molecule has 0 bridgehead atoms. The van der Waals surface area contributed by atoms with Gasteiger partial charge in [0.25, 0.3) is 0 Å².